The number of pyridine rings is 1. The van der Waals surface area contributed by atoms with Gasteiger partial charge >= 0.3 is 0 Å². The largest absolute Gasteiger partial charge is 0.354 e. The number of aryl methyl sites for hydroxylation is 1. The number of nitrogens with zero attached hydrogens (tertiary/aromatic N) is 3. The van der Waals surface area contributed by atoms with Crippen molar-refractivity contribution in [2.45, 2.75) is 52.4 Å². The Morgan fingerprint density at radius 1 is 0.617 bits per heavy atom. The lowest BCUT2D eigenvalue weighted by atomic mass is 9.84. The molecule has 4 nitrogen and oxygen atoms in total. The molecule has 47 heavy (non-hydrogen) atoms. The van der Waals surface area contributed by atoms with E-state index in [4.69, 9.17) is 9.97 Å². The molecule has 0 aliphatic carbocycles. The maximum atomic E-state index is 5.47. The van der Waals surface area contributed by atoms with Gasteiger partial charge in [0.1, 0.15) is 5.82 Å². The second-order valence-corrected chi connectivity index (χ2v) is 15.0. The summed E-state index contributed by atoms with van der Waals surface area (Å²) in [5.41, 5.74) is 12.5. The number of hydrogen-bond acceptors (Lipinski definition) is 2. The molecule has 0 atom stereocenters. The number of imidazole rings is 1. The fourth-order valence-electron chi connectivity index (χ4n) is 6.96. The fraction of sp³-hybridized carbons (Fsp3) is 0.209. The minimum atomic E-state index is -0.0309. The SMILES string of the molecule is Cn1c(-c2cc(C(C)(C)C)cc3c2[nH]c2ccc(C(C)(C)C)cc23)nc2c(-c3cc(-c4ccccn4)c4ccccc4c3)cccc21. The predicted octanol–water partition coefficient (Wildman–Crippen LogP) is 11.4. The number of hydrogen-bond donors (Lipinski definition) is 1. The summed E-state index contributed by atoms with van der Waals surface area (Å²) in [6.45, 7) is 13.7. The van der Waals surface area contributed by atoms with Crippen molar-refractivity contribution in [2.75, 3.05) is 0 Å². The summed E-state index contributed by atoms with van der Waals surface area (Å²) in [5.74, 6) is 0.955. The number of H-pyrrole nitrogens is 1. The molecule has 0 fully saturated rings. The molecule has 0 spiro atoms. The van der Waals surface area contributed by atoms with Gasteiger partial charge in [-0.25, -0.2) is 4.98 Å². The van der Waals surface area contributed by atoms with Gasteiger partial charge in [-0.1, -0.05) is 90.1 Å². The van der Waals surface area contributed by atoms with E-state index in [9.17, 15) is 0 Å². The van der Waals surface area contributed by atoms with E-state index in [-0.39, 0.29) is 10.8 Å². The van der Waals surface area contributed by atoms with Gasteiger partial charge in [0.25, 0.3) is 0 Å². The Balaban J connectivity index is 1.39. The Morgan fingerprint density at radius 3 is 2.15 bits per heavy atom. The van der Waals surface area contributed by atoms with Crippen LogP contribution in [0.4, 0.5) is 0 Å². The highest BCUT2D eigenvalue weighted by molar-refractivity contribution is 6.13. The van der Waals surface area contributed by atoms with Crippen molar-refractivity contribution in [3.63, 3.8) is 0 Å². The minimum Gasteiger partial charge on any atom is -0.354 e. The first-order valence-corrected chi connectivity index (χ1v) is 16.5. The third-order valence-electron chi connectivity index (χ3n) is 9.71. The summed E-state index contributed by atoms with van der Waals surface area (Å²) in [6.07, 6.45) is 1.86. The summed E-state index contributed by atoms with van der Waals surface area (Å²) in [6, 6.07) is 37.4. The van der Waals surface area contributed by atoms with E-state index >= 15 is 0 Å². The summed E-state index contributed by atoms with van der Waals surface area (Å²) in [7, 11) is 2.14. The fourth-order valence-corrected chi connectivity index (χ4v) is 6.96. The molecule has 0 radical (unpaired) electrons. The lowest BCUT2D eigenvalue weighted by molar-refractivity contribution is 0.590. The van der Waals surface area contributed by atoms with Crippen LogP contribution in [0.5, 0.6) is 0 Å². The van der Waals surface area contributed by atoms with Crippen LogP contribution in [0.2, 0.25) is 0 Å². The van der Waals surface area contributed by atoms with Crippen LogP contribution in [0.1, 0.15) is 52.7 Å². The van der Waals surface area contributed by atoms with Gasteiger partial charge in [0, 0.05) is 46.2 Å². The van der Waals surface area contributed by atoms with E-state index in [1.54, 1.807) is 0 Å². The zero-order valence-electron chi connectivity index (χ0n) is 28.2. The lowest BCUT2D eigenvalue weighted by Crippen LogP contribution is -2.11. The molecular weight excluding hydrogens is 573 g/mol. The molecular formula is C43H40N4. The Morgan fingerprint density at radius 2 is 1.38 bits per heavy atom. The van der Waals surface area contributed by atoms with Crippen molar-refractivity contribution in [3.05, 3.63) is 120 Å². The van der Waals surface area contributed by atoms with E-state index < -0.39 is 0 Å². The zero-order chi connectivity index (χ0) is 32.7. The summed E-state index contributed by atoms with van der Waals surface area (Å²) in [5, 5.41) is 4.89. The van der Waals surface area contributed by atoms with E-state index in [0.717, 1.165) is 55.8 Å². The number of para-hydroxylation sites is 1. The summed E-state index contributed by atoms with van der Waals surface area (Å²) >= 11 is 0. The minimum absolute atomic E-state index is 0.0309. The van der Waals surface area contributed by atoms with Crippen LogP contribution in [-0.2, 0) is 17.9 Å². The van der Waals surface area contributed by atoms with Crippen LogP contribution in [0.25, 0.3) is 77.4 Å². The molecule has 8 rings (SSSR count). The first-order valence-electron chi connectivity index (χ1n) is 16.5. The normalized spacial score (nSPS) is 12.6. The summed E-state index contributed by atoms with van der Waals surface area (Å²) in [4.78, 5) is 14.0. The second-order valence-electron chi connectivity index (χ2n) is 15.0. The number of nitrogens with one attached hydrogen (secondary N) is 1. The molecule has 4 heteroatoms. The topological polar surface area (TPSA) is 46.5 Å². The molecule has 0 saturated heterocycles. The molecule has 0 aliphatic rings. The van der Waals surface area contributed by atoms with Gasteiger partial charge in [-0.2, -0.15) is 0 Å². The standard InChI is InChI=1S/C43H40N4/c1-42(2,3)28-18-19-37-33(23-28)34-24-29(43(4,5)6)25-35(39(34)45-37)41-46-40-31(15-12-17-38(40)47(41)7)27-21-26-13-8-9-14-30(26)32(22-27)36-16-10-11-20-44-36/h8-25,45H,1-7H3. The highest BCUT2D eigenvalue weighted by Crippen LogP contribution is 2.41. The quantitative estimate of drug-likeness (QED) is 0.216. The van der Waals surface area contributed by atoms with Crippen molar-refractivity contribution >= 4 is 43.6 Å². The molecule has 5 aromatic carbocycles. The third-order valence-corrected chi connectivity index (χ3v) is 9.71. The van der Waals surface area contributed by atoms with Crippen LogP contribution in [0.15, 0.2) is 109 Å². The summed E-state index contributed by atoms with van der Waals surface area (Å²) < 4.78 is 2.26. The van der Waals surface area contributed by atoms with Gasteiger partial charge in [0.2, 0.25) is 0 Å². The van der Waals surface area contributed by atoms with Gasteiger partial charge in [-0.3, -0.25) is 4.98 Å². The Bertz CT molecular complexity index is 2480. The second kappa shape index (κ2) is 10.4. The van der Waals surface area contributed by atoms with Crippen LogP contribution in [-0.4, -0.2) is 19.5 Å². The third kappa shape index (κ3) is 4.82. The van der Waals surface area contributed by atoms with Gasteiger partial charge < -0.3 is 9.55 Å². The van der Waals surface area contributed by atoms with Crippen LogP contribution < -0.4 is 0 Å². The molecule has 232 valence electrons. The van der Waals surface area contributed by atoms with E-state index in [0.29, 0.717) is 0 Å². The van der Waals surface area contributed by atoms with E-state index in [1.807, 2.05) is 12.3 Å². The monoisotopic (exact) mass is 612 g/mol. The average molecular weight is 613 g/mol. The van der Waals surface area contributed by atoms with Crippen molar-refractivity contribution in [1.82, 2.24) is 19.5 Å². The van der Waals surface area contributed by atoms with Crippen molar-refractivity contribution in [1.29, 1.82) is 0 Å². The number of benzene rings is 5. The number of aromatic amines is 1. The zero-order valence-corrected chi connectivity index (χ0v) is 28.2. The van der Waals surface area contributed by atoms with Gasteiger partial charge in [-0.15, -0.1) is 0 Å². The Kier molecular flexibility index (Phi) is 6.46. The smallest absolute Gasteiger partial charge is 0.143 e. The highest BCUT2D eigenvalue weighted by Gasteiger charge is 2.24. The molecule has 0 aliphatic heterocycles. The first kappa shape index (κ1) is 29.2. The van der Waals surface area contributed by atoms with Crippen molar-refractivity contribution in [3.8, 4) is 33.8 Å². The maximum absolute atomic E-state index is 5.47. The van der Waals surface area contributed by atoms with Crippen molar-refractivity contribution in [2.24, 2.45) is 7.05 Å². The van der Waals surface area contributed by atoms with E-state index in [2.05, 4.69) is 155 Å². The van der Waals surface area contributed by atoms with Crippen LogP contribution in [0, 0.1) is 0 Å². The average Bonchev–Trinajstić information content (AvgIpc) is 3.60. The molecule has 0 amide bonds. The molecule has 1 N–H and O–H groups in total. The Labute approximate surface area is 276 Å². The Hall–Kier alpha value is -5.22. The first-order chi connectivity index (χ1) is 22.5. The molecule has 3 aromatic heterocycles. The lowest BCUT2D eigenvalue weighted by Gasteiger charge is -2.21. The molecule has 0 unspecified atom stereocenters. The molecule has 0 saturated carbocycles. The molecule has 0 bridgehead atoms. The molecule has 3 heterocycles. The molecule has 8 aromatic rings. The number of fused-ring (bicyclic) bond motifs is 5. The number of aromatic nitrogens is 4. The van der Waals surface area contributed by atoms with Crippen LogP contribution in [0.3, 0.4) is 0 Å². The van der Waals surface area contributed by atoms with Crippen LogP contribution >= 0.6 is 0 Å². The maximum Gasteiger partial charge on any atom is 0.143 e. The van der Waals surface area contributed by atoms with Gasteiger partial charge in [0.05, 0.1) is 22.2 Å². The highest BCUT2D eigenvalue weighted by atomic mass is 15.1. The number of rotatable bonds is 3. The van der Waals surface area contributed by atoms with Gasteiger partial charge in [0.15, 0.2) is 0 Å². The van der Waals surface area contributed by atoms with Gasteiger partial charge in [-0.05, 0) is 92.9 Å². The predicted molar refractivity (Wildman–Crippen MR) is 199 cm³/mol. The van der Waals surface area contributed by atoms with Crippen molar-refractivity contribution < 1.29 is 0 Å². The van der Waals surface area contributed by atoms with E-state index in [1.165, 1.54) is 32.7 Å².